The molecular weight excluding hydrogens is 221 g/mol. The second kappa shape index (κ2) is 3.96. The summed E-state index contributed by atoms with van der Waals surface area (Å²) in [6.07, 6.45) is 2.31. The van der Waals surface area contributed by atoms with Gasteiger partial charge in [-0.2, -0.15) is 0 Å². The van der Waals surface area contributed by atoms with E-state index in [1.165, 1.54) is 12.1 Å². The number of hydrogen-bond donors (Lipinski definition) is 1. The zero-order valence-electron chi connectivity index (χ0n) is 9.19. The average Bonchev–Trinajstić information content (AvgIpc) is 3.08. The van der Waals surface area contributed by atoms with Gasteiger partial charge < -0.3 is 9.63 Å². The number of nitrogens with zero attached hydrogens (tertiary/aromatic N) is 1. The van der Waals surface area contributed by atoms with Gasteiger partial charge >= 0.3 is 0 Å². The van der Waals surface area contributed by atoms with Crippen LogP contribution in [-0.2, 0) is 6.61 Å². The Kier molecular flexibility index (Phi) is 2.44. The van der Waals surface area contributed by atoms with E-state index in [-0.39, 0.29) is 12.4 Å². The Morgan fingerprint density at radius 1 is 1.35 bits per heavy atom. The molecule has 3 nitrogen and oxygen atoms in total. The van der Waals surface area contributed by atoms with Crippen molar-refractivity contribution in [3.8, 4) is 11.3 Å². The molecule has 1 aromatic carbocycles. The van der Waals surface area contributed by atoms with Crippen molar-refractivity contribution in [3.63, 3.8) is 0 Å². The van der Waals surface area contributed by atoms with Crippen LogP contribution in [-0.4, -0.2) is 10.3 Å². The van der Waals surface area contributed by atoms with Crippen LogP contribution >= 0.6 is 0 Å². The van der Waals surface area contributed by atoms with E-state index in [2.05, 4.69) is 5.16 Å². The fourth-order valence-electron chi connectivity index (χ4n) is 1.92. The Morgan fingerprint density at radius 2 is 2.18 bits per heavy atom. The summed E-state index contributed by atoms with van der Waals surface area (Å²) in [5, 5.41) is 13.2. The van der Waals surface area contributed by atoms with E-state index in [9.17, 15) is 9.50 Å². The molecule has 1 N–H and O–H groups in total. The van der Waals surface area contributed by atoms with Gasteiger partial charge in [-0.1, -0.05) is 5.16 Å². The summed E-state index contributed by atoms with van der Waals surface area (Å²) in [6.45, 7) is -0.216. The highest BCUT2D eigenvalue weighted by Crippen LogP contribution is 2.40. The fraction of sp³-hybridized carbons (Fsp3) is 0.308. The first kappa shape index (κ1) is 10.5. The van der Waals surface area contributed by atoms with E-state index < -0.39 is 0 Å². The minimum absolute atomic E-state index is 0.216. The molecule has 1 heterocycles. The number of aliphatic hydroxyl groups is 1. The third kappa shape index (κ3) is 1.96. The molecule has 1 fully saturated rings. The Hall–Kier alpha value is -1.68. The normalized spacial score (nSPS) is 15.2. The summed E-state index contributed by atoms with van der Waals surface area (Å²) in [5.41, 5.74) is 2.17. The van der Waals surface area contributed by atoms with Crippen LogP contribution in [0.25, 0.3) is 11.3 Å². The van der Waals surface area contributed by atoms with Crippen LogP contribution in [0.5, 0.6) is 0 Å². The molecule has 1 aliphatic rings. The van der Waals surface area contributed by atoms with Crippen LogP contribution in [0, 0.1) is 5.82 Å². The topological polar surface area (TPSA) is 46.3 Å². The lowest BCUT2D eigenvalue weighted by molar-refractivity contribution is 0.281. The van der Waals surface area contributed by atoms with Crippen molar-refractivity contribution in [3.05, 3.63) is 41.3 Å². The first-order chi connectivity index (χ1) is 8.28. The predicted molar refractivity (Wildman–Crippen MR) is 59.8 cm³/mol. The molecule has 88 valence electrons. The summed E-state index contributed by atoms with van der Waals surface area (Å²) in [5.74, 6) is 0.751. The lowest BCUT2D eigenvalue weighted by atomic mass is 10.1. The van der Waals surface area contributed by atoms with Crippen molar-refractivity contribution in [2.45, 2.75) is 25.4 Å². The van der Waals surface area contributed by atoms with E-state index in [1.807, 2.05) is 6.07 Å². The molecule has 1 aliphatic carbocycles. The predicted octanol–water partition coefficient (Wildman–Crippen LogP) is 2.85. The molecule has 0 atom stereocenters. The Balaban J connectivity index is 2.01. The molecule has 1 saturated carbocycles. The molecule has 4 heteroatoms. The lowest BCUT2D eigenvalue weighted by Crippen LogP contribution is -1.89. The minimum Gasteiger partial charge on any atom is -0.392 e. The third-order valence-electron chi connectivity index (χ3n) is 3.03. The maximum Gasteiger partial charge on any atom is 0.167 e. The van der Waals surface area contributed by atoms with Gasteiger partial charge in [0.15, 0.2) is 5.76 Å². The minimum atomic E-state index is -0.361. The summed E-state index contributed by atoms with van der Waals surface area (Å²) in [7, 11) is 0. The van der Waals surface area contributed by atoms with Crippen molar-refractivity contribution >= 4 is 0 Å². The Morgan fingerprint density at radius 3 is 2.88 bits per heavy atom. The zero-order valence-corrected chi connectivity index (χ0v) is 9.19. The van der Waals surface area contributed by atoms with Gasteiger partial charge in [0, 0.05) is 17.5 Å². The van der Waals surface area contributed by atoms with Crippen LogP contribution in [0.4, 0.5) is 4.39 Å². The van der Waals surface area contributed by atoms with Crippen LogP contribution < -0.4 is 0 Å². The first-order valence-electron chi connectivity index (χ1n) is 5.64. The summed E-state index contributed by atoms with van der Waals surface area (Å²) < 4.78 is 18.3. The van der Waals surface area contributed by atoms with Gasteiger partial charge in [-0.25, -0.2) is 4.39 Å². The molecule has 3 rings (SSSR count). The van der Waals surface area contributed by atoms with E-state index in [0.717, 1.165) is 18.5 Å². The molecule has 0 bridgehead atoms. The molecule has 0 radical (unpaired) electrons. The second-order valence-corrected chi connectivity index (χ2v) is 4.35. The largest absolute Gasteiger partial charge is 0.392 e. The molecule has 17 heavy (non-hydrogen) atoms. The first-order valence-corrected chi connectivity index (χ1v) is 5.64. The highest BCUT2D eigenvalue weighted by molar-refractivity contribution is 5.62. The van der Waals surface area contributed by atoms with E-state index in [4.69, 9.17) is 4.52 Å². The van der Waals surface area contributed by atoms with Crippen LogP contribution in [0.3, 0.4) is 0 Å². The van der Waals surface area contributed by atoms with Crippen molar-refractivity contribution < 1.29 is 14.0 Å². The molecular formula is C13H12FNO2. The Labute approximate surface area is 97.9 Å². The molecule has 2 aromatic rings. The van der Waals surface area contributed by atoms with Gasteiger partial charge in [-0.3, -0.25) is 0 Å². The third-order valence-corrected chi connectivity index (χ3v) is 3.03. The maximum absolute atomic E-state index is 13.0. The van der Waals surface area contributed by atoms with Crippen molar-refractivity contribution in [2.24, 2.45) is 0 Å². The fourth-order valence-corrected chi connectivity index (χ4v) is 1.92. The van der Waals surface area contributed by atoms with Crippen LogP contribution in [0.1, 0.15) is 30.0 Å². The van der Waals surface area contributed by atoms with Gasteiger partial charge in [-0.15, -0.1) is 0 Å². The van der Waals surface area contributed by atoms with Gasteiger partial charge in [0.1, 0.15) is 5.82 Å². The van der Waals surface area contributed by atoms with Crippen LogP contribution in [0.2, 0.25) is 0 Å². The lowest BCUT2D eigenvalue weighted by Gasteiger charge is -2.03. The standard InChI is InChI=1S/C13H12FNO2/c14-10-3-4-11(9(5-10)7-16)13-6-12(15-17-13)8-1-2-8/h3-6,8,16H,1-2,7H2. The molecule has 1 aromatic heterocycles. The van der Waals surface area contributed by atoms with Gasteiger partial charge in [-0.05, 0) is 36.6 Å². The summed E-state index contributed by atoms with van der Waals surface area (Å²) >= 11 is 0. The zero-order chi connectivity index (χ0) is 11.8. The number of hydrogen-bond acceptors (Lipinski definition) is 3. The van der Waals surface area contributed by atoms with E-state index >= 15 is 0 Å². The number of benzene rings is 1. The second-order valence-electron chi connectivity index (χ2n) is 4.35. The molecule has 0 aliphatic heterocycles. The SMILES string of the molecule is OCc1cc(F)ccc1-c1cc(C2CC2)no1. The number of aromatic nitrogens is 1. The van der Waals surface area contributed by atoms with Crippen LogP contribution in [0.15, 0.2) is 28.8 Å². The molecule has 0 saturated heterocycles. The summed E-state index contributed by atoms with van der Waals surface area (Å²) in [4.78, 5) is 0. The highest BCUT2D eigenvalue weighted by Gasteiger charge is 2.27. The van der Waals surface area contributed by atoms with Gasteiger partial charge in [0.2, 0.25) is 0 Å². The van der Waals surface area contributed by atoms with Crippen molar-refractivity contribution in [1.82, 2.24) is 5.16 Å². The molecule has 0 spiro atoms. The quantitative estimate of drug-likeness (QED) is 0.886. The molecule has 0 unspecified atom stereocenters. The summed E-state index contributed by atoms with van der Waals surface area (Å²) in [6, 6.07) is 6.16. The van der Waals surface area contributed by atoms with Gasteiger partial charge in [0.25, 0.3) is 0 Å². The van der Waals surface area contributed by atoms with Crippen molar-refractivity contribution in [1.29, 1.82) is 0 Å². The average molecular weight is 233 g/mol. The number of aliphatic hydroxyl groups excluding tert-OH is 1. The van der Waals surface area contributed by atoms with Gasteiger partial charge in [0.05, 0.1) is 12.3 Å². The number of halogens is 1. The molecule has 0 amide bonds. The van der Waals surface area contributed by atoms with Crippen molar-refractivity contribution in [2.75, 3.05) is 0 Å². The maximum atomic E-state index is 13.0. The highest BCUT2D eigenvalue weighted by atomic mass is 19.1. The monoisotopic (exact) mass is 233 g/mol. The number of rotatable bonds is 3. The smallest absolute Gasteiger partial charge is 0.167 e. The van der Waals surface area contributed by atoms with E-state index in [0.29, 0.717) is 22.8 Å². The van der Waals surface area contributed by atoms with E-state index in [1.54, 1.807) is 6.07 Å². The Bertz CT molecular complexity index is 546.